The minimum atomic E-state index is -0.556. The lowest BCUT2D eigenvalue weighted by Crippen LogP contribution is -2.18. The fraction of sp³-hybridized carbons (Fsp3) is 0.115. The Bertz CT molecular complexity index is 1450. The van der Waals surface area contributed by atoms with Gasteiger partial charge >= 0.3 is 0 Å². The molecule has 5 rings (SSSR count). The van der Waals surface area contributed by atoms with Gasteiger partial charge in [0.2, 0.25) is 0 Å². The number of benzene rings is 2. The lowest BCUT2D eigenvalue weighted by molar-refractivity contribution is 0.0706. The summed E-state index contributed by atoms with van der Waals surface area (Å²) in [5, 5.41) is 14.1. The molecule has 0 unspecified atom stereocenters. The highest BCUT2D eigenvalue weighted by Crippen LogP contribution is 2.35. The predicted molar refractivity (Wildman–Crippen MR) is 125 cm³/mol. The quantitative estimate of drug-likeness (QED) is 0.293. The van der Waals surface area contributed by atoms with E-state index in [2.05, 4.69) is 34.1 Å². The molecule has 7 nitrogen and oxygen atoms in total. The Balaban J connectivity index is 1.71. The van der Waals surface area contributed by atoms with E-state index in [9.17, 15) is 4.79 Å². The van der Waals surface area contributed by atoms with Crippen LogP contribution in [-0.4, -0.2) is 25.8 Å². The largest absolute Gasteiger partial charge is 0.361 e. The van der Waals surface area contributed by atoms with Gasteiger partial charge in [0.25, 0.3) is 5.91 Å². The molecule has 5 aromatic rings. The summed E-state index contributed by atoms with van der Waals surface area (Å²) in [7, 11) is 0. The van der Waals surface area contributed by atoms with Crippen molar-refractivity contribution in [2.24, 2.45) is 0 Å². The number of rotatable bonds is 5. The Hall–Kier alpha value is -4.23. The normalized spacial score (nSPS) is 11.1. The molecule has 2 N–H and O–H groups in total. The summed E-state index contributed by atoms with van der Waals surface area (Å²) in [5.41, 5.74) is 8.51. The number of pyridine rings is 1. The number of hydrogen-bond donors (Lipinski definition) is 2. The van der Waals surface area contributed by atoms with Crippen LogP contribution in [0.25, 0.3) is 33.3 Å². The summed E-state index contributed by atoms with van der Waals surface area (Å²) < 4.78 is 7.47. The standard InChI is InChI=1S/C26H22N4O3/c1-16-24(17(2)33-29-16)21-12-22-23(19-9-6-10-20(11-19)26(31)28-32)15-30(25(22)27-13-21)14-18-7-4-3-5-8-18/h3-13,15,32H,14H2,1-2H3,(H,28,31). The topological polar surface area (TPSA) is 93.2 Å². The van der Waals surface area contributed by atoms with Crippen LogP contribution in [0.3, 0.4) is 0 Å². The Morgan fingerprint density at radius 3 is 2.61 bits per heavy atom. The number of amides is 1. The number of nitrogens with one attached hydrogen (secondary N) is 1. The first-order valence-corrected chi connectivity index (χ1v) is 10.6. The zero-order chi connectivity index (χ0) is 22.9. The number of carbonyl (C=O) groups is 1. The van der Waals surface area contributed by atoms with Crippen LogP contribution in [0.4, 0.5) is 0 Å². The Morgan fingerprint density at radius 1 is 1.06 bits per heavy atom. The fourth-order valence-corrected chi connectivity index (χ4v) is 4.23. The average Bonchev–Trinajstić information content (AvgIpc) is 3.38. The third-order valence-corrected chi connectivity index (χ3v) is 5.77. The molecule has 0 saturated heterocycles. The van der Waals surface area contributed by atoms with Gasteiger partial charge in [-0.15, -0.1) is 0 Å². The molecule has 3 heterocycles. The monoisotopic (exact) mass is 438 g/mol. The van der Waals surface area contributed by atoms with Gasteiger partial charge in [-0.1, -0.05) is 47.6 Å². The molecule has 0 fully saturated rings. The number of aryl methyl sites for hydroxylation is 2. The van der Waals surface area contributed by atoms with E-state index in [0.29, 0.717) is 12.1 Å². The summed E-state index contributed by atoms with van der Waals surface area (Å²) in [6, 6.07) is 19.4. The van der Waals surface area contributed by atoms with Crippen molar-refractivity contribution < 1.29 is 14.5 Å². The van der Waals surface area contributed by atoms with E-state index in [1.54, 1.807) is 23.7 Å². The van der Waals surface area contributed by atoms with Gasteiger partial charge in [-0.2, -0.15) is 0 Å². The highest BCUT2D eigenvalue weighted by atomic mass is 16.5. The first kappa shape index (κ1) is 20.7. The Labute approximate surface area is 190 Å². The van der Waals surface area contributed by atoms with E-state index < -0.39 is 5.91 Å². The van der Waals surface area contributed by atoms with Crippen molar-refractivity contribution in [1.82, 2.24) is 20.2 Å². The molecule has 0 bridgehead atoms. The van der Waals surface area contributed by atoms with Crippen molar-refractivity contribution in [2.45, 2.75) is 20.4 Å². The maximum Gasteiger partial charge on any atom is 0.274 e. The Kier molecular flexibility index (Phi) is 5.24. The maximum absolute atomic E-state index is 12.0. The third-order valence-electron chi connectivity index (χ3n) is 5.77. The van der Waals surface area contributed by atoms with Gasteiger partial charge < -0.3 is 9.09 Å². The molecule has 33 heavy (non-hydrogen) atoms. The van der Waals surface area contributed by atoms with E-state index in [4.69, 9.17) is 14.7 Å². The zero-order valence-electron chi connectivity index (χ0n) is 18.2. The molecule has 0 aliphatic rings. The summed E-state index contributed by atoms with van der Waals surface area (Å²) in [6.45, 7) is 4.46. The Morgan fingerprint density at radius 2 is 1.88 bits per heavy atom. The van der Waals surface area contributed by atoms with Crippen molar-refractivity contribution >= 4 is 16.9 Å². The van der Waals surface area contributed by atoms with Crippen LogP contribution in [0.1, 0.15) is 27.4 Å². The van der Waals surface area contributed by atoms with E-state index in [1.165, 1.54) is 0 Å². The molecule has 0 saturated carbocycles. The number of carbonyl (C=O) groups excluding carboxylic acids is 1. The van der Waals surface area contributed by atoms with Crippen molar-refractivity contribution in [1.29, 1.82) is 0 Å². The molecule has 3 aromatic heterocycles. The molecule has 0 aliphatic carbocycles. The molecule has 2 aromatic carbocycles. The molecule has 7 heteroatoms. The minimum absolute atomic E-state index is 0.369. The molecular formula is C26H22N4O3. The number of hydrogen-bond acceptors (Lipinski definition) is 5. The number of nitrogens with zero attached hydrogens (tertiary/aromatic N) is 3. The van der Waals surface area contributed by atoms with E-state index >= 15 is 0 Å². The molecular weight excluding hydrogens is 416 g/mol. The summed E-state index contributed by atoms with van der Waals surface area (Å²) in [5.74, 6) is 0.181. The summed E-state index contributed by atoms with van der Waals surface area (Å²) in [4.78, 5) is 16.8. The lowest BCUT2D eigenvalue weighted by atomic mass is 10.0. The number of aromatic nitrogens is 3. The smallest absolute Gasteiger partial charge is 0.274 e. The van der Waals surface area contributed by atoms with Gasteiger partial charge in [-0.3, -0.25) is 10.0 Å². The van der Waals surface area contributed by atoms with Crippen LogP contribution in [0.15, 0.2) is 77.6 Å². The van der Waals surface area contributed by atoms with Crippen LogP contribution in [0.2, 0.25) is 0 Å². The van der Waals surface area contributed by atoms with E-state index in [-0.39, 0.29) is 0 Å². The van der Waals surface area contributed by atoms with E-state index in [1.807, 2.05) is 44.3 Å². The van der Waals surface area contributed by atoms with Gasteiger partial charge in [0.05, 0.1) is 5.69 Å². The van der Waals surface area contributed by atoms with Crippen LogP contribution < -0.4 is 5.48 Å². The predicted octanol–water partition coefficient (Wildman–Crippen LogP) is 5.14. The van der Waals surface area contributed by atoms with Crippen LogP contribution in [-0.2, 0) is 6.54 Å². The second kappa shape index (κ2) is 8.37. The maximum atomic E-state index is 12.0. The summed E-state index contributed by atoms with van der Waals surface area (Å²) >= 11 is 0. The van der Waals surface area contributed by atoms with Gasteiger partial charge in [-0.05, 0) is 43.2 Å². The van der Waals surface area contributed by atoms with Crippen molar-refractivity contribution in [3.8, 4) is 22.3 Å². The second-order valence-electron chi connectivity index (χ2n) is 7.97. The zero-order valence-corrected chi connectivity index (χ0v) is 18.2. The first-order valence-electron chi connectivity index (χ1n) is 10.6. The van der Waals surface area contributed by atoms with Crippen molar-refractivity contribution in [3.63, 3.8) is 0 Å². The molecule has 0 spiro atoms. The highest BCUT2D eigenvalue weighted by molar-refractivity contribution is 5.99. The van der Waals surface area contributed by atoms with Gasteiger partial charge in [-0.25, -0.2) is 10.5 Å². The van der Waals surface area contributed by atoms with Crippen molar-refractivity contribution in [3.05, 3.63) is 95.6 Å². The minimum Gasteiger partial charge on any atom is -0.361 e. The average molecular weight is 438 g/mol. The van der Waals surface area contributed by atoms with Crippen LogP contribution in [0.5, 0.6) is 0 Å². The van der Waals surface area contributed by atoms with Crippen molar-refractivity contribution in [2.75, 3.05) is 0 Å². The molecule has 0 radical (unpaired) electrons. The van der Waals surface area contributed by atoms with Gasteiger partial charge in [0.15, 0.2) is 0 Å². The fourth-order valence-electron chi connectivity index (χ4n) is 4.23. The van der Waals surface area contributed by atoms with Crippen LogP contribution >= 0.6 is 0 Å². The van der Waals surface area contributed by atoms with Gasteiger partial charge in [0.1, 0.15) is 11.4 Å². The van der Waals surface area contributed by atoms with Crippen LogP contribution in [0, 0.1) is 13.8 Å². The molecule has 1 amide bonds. The van der Waals surface area contributed by atoms with E-state index in [0.717, 1.165) is 50.3 Å². The SMILES string of the molecule is Cc1noc(C)c1-c1cnc2c(c1)c(-c1cccc(C(=O)NO)c1)cn2Cc1ccccc1. The third kappa shape index (κ3) is 3.79. The first-order chi connectivity index (χ1) is 16.0. The number of hydroxylamine groups is 1. The highest BCUT2D eigenvalue weighted by Gasteiger charge is 2.18. The summed E-state index contributed by atoms with van der Waals surface area (Å²) in [6.07, 6.45) is 3.90. The second-order valence-corrected chi connectivity index (χ2v) is 7.97. The molecule has 0 atom stereocenters. The van der Waals surface area contributed by atoms with Gasteiger partial charge in [0, 0.05) is 46.6 Å². The number of fused-ring (bicyclic) bond motifs is 1. The molecule has 164 valence electrons. The molecule has 0 aliphatic heterocycles. The lowest BCUT2D eigenvalue weighted by Gasteiger charge is -2.06.